The van der Waals surface area contributed by atoms with Gasteiger partial charge in [0.15, 0.2) is 5.82 Å². The van der Waals surface area contributed by atoms with Crippen molar-refractivity contribution in [2.24, 2.45) is 5.92 Å². The maximum Gasteiger partial charge on any atom is 0.315 e. The summed E-state index contributed by atoms with van der Waals surface area (Å²) in [7, 11) is 0. The second-order valence-corrected chi connectivity index (χ2v) is 7.98. The fourth-order valence-corrected chi connectivity index (χ4v) is 3.75. The van der Waals surface area contributed by atoms with Crippen molar-refractivity contribution >= 4 is 6.03 Å². The Labute approximate surface area is 167 Å². The Balaban J connectivity index is 1.47. The van der Waals surface area contributed by atoms with Gasteiger partial charge in [-0.1, -0.05) is 44.2 Å². The molecule has 1 aromatic heterocycles. The normalized spacial score (nSPS) is 15.3. The van der Waals surface area contributed by atoms with Gasteiger partial charge in [-0.2, -0.15) is 0 Å². The molecule has 1 aliphatic heterocycles. The lowest BCUT2D eigenvalue weighted by molar-refractivity contribution is 0.237. The summed E-state index contributed by atoms with van der Waals surface area (Å²) in [6.45, 7) is 8.50. The maximum atomic E-state index is 12.3. The molecular weight excluding hydrogens is 352 g/mol. The van der Waals surface area contributed by atoms with Crippen molar-refractivity contribution in [2.75, 3.05) is 6.54 Å². The molecule has 2 heterocycles. The average Bonchev–Trinajstić information content (AvgIpc) is 3.29. The molecule has 0 fully saturated rings. The molecule has 7 heteroatoms. The number of hydrogen-bond donors (Lipinski definition) is 3. The van der Waals surface area contributed by atoms with Crippen LogP contribution in [-0.4, -0.2) is 33.4 Å². The van der Waals surface area contributed by atoms with Crippen LogP contribution in [0.3, 0.4) is 0 Å². The van der Waals surface area contributed by atoms with Crippen molar-refractivity contribution in [3.8, 4) is 0 Å². The largest absolute Gasteiger partial charge is 0.337 e. The predicted molar refractivity (Wildman–Crippen MR) is 110 cm³/mol. The fraction of sp³-hybridized carbons (Fsp3) is 0.571. The van der Waals surface area contributed by atoms with Gasteiger partial charge in [0.1, 0.15) is 5.82 Å². The minimum Gasteiger partial charge on any atom is -0.337 e. The zero-order valence-corrected chi connectivity index (χ0v) is 17.1. The first-order chi connectivity index (χ1) is 13.5. The number of carbonyl (C=O) groups excluding carboxylic acids is 1. The van der Waals surface area contributed by atoms with E-state index in [2.05, 4.69) is 75.8 Å². The molecular formula is C21H32N6O. The fourth-order valence-electron chi connectivity index (χ4n) is 3.75. The van der Waals surface area contributed by atoms with Crippen LogP contribution < -0.4 is 16.0 Å². The molecule has 3 rings (SSSR count). The van der Waals surface area contributed by atoms with E-state index in [1.165, 1.54) is 5.56 Å². The summed E-state index contributed by atoms with van der Waals surface area (Å²) >= 11 is 0. The zero-order chi connectivity index (χ0) is 19.9. The Kier molecular flexibility index (Phi) is 7.03. The molecule has 0 radical (unpaired) electrons. The molecule has 152 valence electrons. The maximum absolute atomic E-state index is 12.3. The molecule has 28 heavy (non-hydrogen) atoms. The number of nitrogens with zero attached hydrogens (tertiary/aromatic N) is 3. The van der Waals surface area contributed by atoms with Crippen LogP contribution in [0.1, 0.15) is 56.9 Å². The van der Waals surface area contributed by atoms with Gasteiger partial charge in [0, 0.05) is 31.6 Å². The lowest BCUT2D eigenvalue weighted by Gasteiger charge is -2.25. The molecule has 7 nitrogen and oxygen atoms in total. The molecule has 1 aromatic carbocycles. The number of hydrogen-bond acceptors (Lipinski definition) is 4. The van der Waals surface area contributed by atoms with Crippen molar-refractivity contribution < 1.29 is 4.79 Å². The van der Waals surface area contributed by atoms with Gasteiger partial charge in [0.25, 0.3) is 0 Å². The number of urea groups is 1. The Hall–Kier alpha value is -2.41. The van der Waals surface area contributed by atoms with Gasteiger partial charge in [-0.05, 0) is 31.2 Å². The molecule has 2 amide bonds. The van der Waals surface area contributed by atoms with Gasteiger partial charge >= 0.3 is 6.03 Å². The van der Waals surface area contributed by atoms with E-state index in [0.29, 0.717) is 19.0 Å². The molecule has 0 bridgehead atoms. The van der Waals surface area contributed by atoms with E-state index in [4.69, 9.17) is 0 Å². The first kappa shape index (κ1) is 20.3. The van der Waals surface area contributed by atoms with E-state index in [0.717, 1.165) is 37.5 Å². The highest BCUT2D eigenvalue weighted by atomic mass is 16.2. The Morgan fingerprint density at radius 1 is 1.14 bits per heavy atom. The van der Waals surface area contributed by atoms with Crippen molar-refractivity contribution in [1.29, 1.82) is 0 Å². The van der Waals surface area contributed by atoms with Gasteiger partial charge in [-0.25, -0.2) is 4.79 Å². The Bertz CT molecular complexity index is 758. The van der Waals surface area contributed by atoms with E-state index < -0.39 is 0 Å². The molecule has 0 spiro atoms. The van der Waals surface area contributed by atoms with Crippen LogP contribution in [0.2, 0.25) is 0 Å². The molecule has 0 saturated heterocycles. The third-order valence-corrected chi connectivity index (χ3v) is 5.14. The smallest absolute Gasteiger partial charge is 0.315 e. The van der Waals surface area contributed by atoms with Crippen LogP contribution in [0.4, 0.5) is 4.79 Å². The SMILES string of the molecule is CC(C)CC(CNC(=O)NCc1nnc2n1CCC2)NC(C)c1ccccc1. The standard InChI is InChI=1S/C21H32N6O/c1-15(2)12-18(24-16(3)17-8-5-4-6-9-17)13-22-21(28)23-14-20-26-25-19-10-7-11-27(19)20/h4-6,8-9,15-16,18,24H,7,10-14H2,1-3H3,(H2,22,23,28). The number of fused-ring (bicyclic) bond motifs is 1. The van der Waals surface area contributed by atoms with Gasteiger partial charge in [0.05, 0.1) is 6.54 Å². The third-order valence-electron chi connectivity index (χ3n) is 5.14. The van der Waals surface area contributed by atoms with E-state index in [9.17, 15) is 4.79 Å². The van der Waals surface area contributed by atoms with Crippen LogP contribution in [0.25, 0.3) is 0 Å². The van der Waals surface area contributed by atoms with Crippen LogP contribution in [0.5, 0.6) is 0 Å². The lowest BCUT2D eigenvalue weighted by Crippen LogP contribution is -2.45. The summed E-state index contributed by atoms with van der Waals surface area (Å²) in [6.07, 6.45) is 3.07. The zero-order valence-electron chi connectivity index (χ0n) is 17.1. The van der Waals surface area contributed by atoms with Gasteiger partial charge in [-0.15, -0.1) is 10.2 Å². The van der Waals surface area contributed by atoms with Gasteiger partial charge in [0.2, 0.25) is 0 Å². The van der Waals surface area contributed by atoms with E-state index >= 15 is 0 Å². The predicted octanol–water partition coefficient (Wildman–Crippen LogP) is 2.79. The molecule has 0 saturated carbocycles. The van der Waals surface area contributed by atoms with Gasteiger partial charge < -0.3 is 20.5 Å². The number of aromatic nitrogens is 3. The second-order valence-electron chi connectivity index (χ2n) is 7.98. The van der Waals surface area contributed by atoms with Crippen molar-refractivity contribution in [3.05, 3.63) is 47.5 Å². The summed E-state index contributed by atoms with van der Waals surface area (Å²) in [6, 6.07) is 10.7. The third kappa shape index (κ3) is 5.55. The summed E-state index contributed by atoms with van der Waals surface area (Å²) in [5.74, 6) is 2.40. The topological polar surface area (TPSA) is 83.9 Å². The summed E-state index contributed by atoms with van der Waals surface area (Å²) in [4.78, 5) is 12.3. The quantitative estimate of drug-likeness (QED) is 0.621. The second kappa shape index (κ2) is 9.68. The molecule has 2 atom stereocenters. The van der Waals surface area contributed by atoms with E-state index in [-0.39, 0.29) is 18.1 Å². The number of amides is 2. The number of carbonyl (C=O) groups is 1. The van der Waals surface area contributed by atoms with Crippen molar-refractivity contribution in [1.82, 2.24) is 30.7 Å². The highest BCUT2D eigenvalue weighted by Gasteiger charge is 2.18. The highest BCUT2D eigenvalue weighted by Crippen LogP contribution is 2.15. The monoisotopic (exact) mass is 384 g/mol. The molecule has 2 unspecified atom stereocenters. The molecule has 2 aromatic rings. The van der Waals surface area contributed by atoms with Crippen molar-refractivity contribution in [2.45, 2.75) is 65.2 Å². The minimum atomic E-state index is -0.168. The lowest BCUT2D eigenvalue weighted by atomic mass is 10.0. The van der Waals surface area contributed by atoms with Gasteiger partial charge in [-0.3, -0.25) is 0 Å². The number of benzene rings is 1. The van der Waals surface area contributed by atoms with E-state index in [1.807, 2.05) is 6.07 Å². The average molecular weight is 385 g/mol. The Morgan fingerprint density at radius 2 is 1.93 bits per heavy atom. The van der Waals surface area contributed by atoms with Crippen LogP contribution in [0, 0.1) is 5.92 Å². The molecule has 1 aliphatic rings. The van der Waals surface area contributed by atoms with Crippen molar-refractivity contribution in [3.63, 3.8) is 0 Å². The number of aryl methyl sites for hydroxylation is 1. The summed E-state index contributed by atoms with van der Waals surface area (Å²) < 4.78 is 2.10. The Morgan fingerprint density at radius 3 is 2.68 bits per heavy atom. The first-order valence-corrected chi connectivity index (χ1v) is 10.3. The summed E-state index contributed by atoms with van der Waals surface area (Å²) in [5, 5.41) is 17.9. The first-order valence-electron chi connectivity index (χ1n) is 10.3. The summed E-state index contributed by atoms with van der Waals surface area (Å²) in [5.41, 5.74) is 1.25. The number of nitrogens with one attached hydrogen (secondary N) is 3. The van der Waals surface area contributed by atoms with Crippen LogP contribution in [0.15, 0.2) is 30.3 Å². The van der Waals surface area contributed by atoms with E-state index in [1.54, 1.807) is 0 Å². The molecule has 3 N–H and O–H groups in total. The minimum absolute atomic E-state index is 0.168. The highest BCUT2D eigenvalue weighted by molar-refractivity contribution is 5.73. The number of rotatable bonds is 9. The molecule has 0 aliphatic carbocycles. The van der Waals surface area contributed by atoms with Crippen LogP contribution >= 0.6 is 0 Å². The van der Waals surface area contributed by atoms with Crippen LogP contribution in [-0.2, 0) is 19.5 Å².